The van der Waals surface area contributed by atoms with Crippen molar-refractivity contribution in [3.8, 4) is 0 Å². The Hall–Kier alpha value is -0.720. The van der Waals surface area contributed by atoms with E-state index in [9.17, 15) is 0 Å². The number of rotatable bonds is 1. The summed E-state index contributed by atoms with van der Waals surface area (Å²) in [5.74, 6) is 0. The summed E-state index contributed by atoms with van der Waals surface area (Å²) < 4.78 is 0. The summed E-state index contributed by atoms with van der Waals surface area (Å²) in [4.78, 5) is 2.22. The molecule has 2 aliphatic rings. The van der Waals surface area contributed by atoms with Gasteiger partial charge in [0.25, 0.3) is 0 Å². The predicted octanol–water partition coefficient (Wildman–Crippen LogP) is 2.95. The van der Waals surface area contributed by atoms with Gasteiger partial charge in [-0.05, 0) is 36.1 Å². The molecular weight excluding hydrogens is 158 g/mol. The highest BCUT2D eigenvalue weighted by atomic mass is 15.1. The third-order valence-corrected chi connectivity index (χ3v) is 3.51. The van der Waals surface area contributed by atoms with Crippen molar-refractivity contribution in [2.75, 3.05) is 13.6 Å². The van der Waals surface area contributed by atoms with E-state index in [-0.39, 0.29) is 0 Å². The molecule has 0 radical (unpaired) electrons. The summed E-state index contributed by atoms with van der Waals surface area (Å²) in [6.45, 7) is 3.50. The highest BCUT2D eigenvalue weighted by Gasteiger charge is 2.31. The van der Waals surface area contributed by atoms with Crippen LogP contribution >= 0.6 is 0 Å². The van der Waals surface area contributed by atoms with E-state index >= 15 is 0 Å². The molecule has 2 rings (SSSR count). The maximum Gasteiger partial charge on any atom is 0.0356 e. The zero-order chi connectivity index (χ0) is 9.31. The number of nitrogens with zero attached hydrogens (tertiary/aromatic N) is 1. The van der Waals surface area contributed by atoms with Gasteiger partial charge in [0.1, 0.15) is 0 Å². The van der Waals surface area contributed by atoms with Crippen molar-refractivity contribution in [1.82, 2.24) is 4.90 Å². The Morgan fingerprint density at radius 2 is 2.00 bits per heavy atom. The molecule has 0 spiro atoms. The first kappa shape index (κ1) is 8.86. The molecule has 13 heavy (non-hydrogen) atoms. The van der Waals surface area contributed by atoms with Crippen molar-refractivity contribution in [1.29, 1.82) is 0 Å². The topological polar surface area (TPSA) is 3.24 Å². The molecule has 1 heterocycles. The minimum Gasteiger partial charge on any atom is -0.377 e. The minimum absolute atomic E-state index is 0.498. The number of allylic oxidation sites excluding steroid dienone is 2. The van der Waals surface area contributed by atoms with E-state index in [0.29, 0.717) is 5.41 Å². The molecule has 0 amide bonds. The van der Waals surface area contributed by atoms with Crippen molar-refractivity contribution in [3.05, 3.63) is 23.9 Å². The summed E-state index contributed by atoms with van der Waals surface area (Å²) in [5.41, 5.74) is 2.07. The lowest BCUT2D eigenvalue weighted by Gasteiger charge is -2.29. The Bertz CT molecular complexity index is 244. The van der Waals surface area contributed by atoms with Gasteiger partial charge in [0.15, 0.2) is 0 Å². The van der Waals surface area contributed by atoms with E-state index in [2.05, 4.69) is 37.2 Å². The van der Waals surface area contributed by atoms with Gasteiger partial charge in [0, 0.05) is 13.6 Å². The molecule has 72 valence electrons. The molecule has 0 unspecified atom stereocenters. The molecule has 1 heteroatoms. The Morgan fingerprint density at radius 3 is 2.54 bits per heavy atom. The molecule has 0 bridgehead atoms. The first-order valence-electron chi connectivity index (χ1n) is 5.30. The van der Waals surface area contributed by atoms with E-state index in [1.54, 1.807) is 5.57 Å². The van der Waals surface area contributed by atoms with Crippen molar-refractivity contribution in [3.63, 3.8) is 0 Å². The van der Waals surface area contributed by atoms with Crippen LogP contribution in [0.5, 0.6) is 0 Å². The highest BCUT2D eigenvalue weighted by molar-refractivity contribution is 5.29. The van der Waals surface area contributed by atoms with Crippen LogP contribution < -0.4 is 0 Å². The lowest BCUT2D eigenvalue weighted by molar-refractivity contribution is 0.408. The average Bonchev–Trinajstić information content (AvgIpc) is 2.54. The Kier molecular flexibility index (Phi) is 2.19. The fourth-order valence-corrected chi connectivity index (χ4v) is 2.47. The number of hydrogen-bond acceptors (Lipinski definition) is 1. The van der Waals surface area contributed by atoms with Gasteiger partial charge < -0.3 is 4.90 Å². The lowest BCUT2D eigenvalue weighted by Crippen LogP contribution is -2.20. The van der Waals surface area contributed by atoms with E-state index in [1.807, 2.05) is 0 Å². The lowest BCUT2D eigenvalue weighted by atomic mass is 9.79. The molecule has 0 saturated heterocycles. The van der Waals surface area contributed by atoms with Crippen LogP contribution in [0.2, 0.25) is 0 Å². The zero-order valence-corrected chi connectivity index (χ0v) is 8.71. The van der Waals surface area contributed by atoms with Gasteiger partial charge in [-0.25, -0.2) is 0 Å². The molecular formula is C12H19N. The van der Waals surface area contributed by atoms with Crippen molar-refractivity contribution in [2.24, 2.45) is 5.41 Å². The largest absolute Gasteiger partial charge is 0.377 e. The van der Waals surface area contributed by atoms with Crippen LogP contribution in [0.3, 0.4) is 0 Å². The highest BCUT2D eigenvalue weighted by Crippen LogP contribution is 2.44. The van der Waals surface area contributed by atoms with Gasteiger partial charge in [0.2, 0.25) is 0 Å². The summed E-state index contributed by atoms with van der Waals surface area (Å²) in [7, 11) is 2.13. The second kappa shape index (κ2) is 3.21. The molecule has 0 aromatic rings. The smallest absolute Gasteiger partial charge is 0.0356 e. The summed E-state index contributed by atoms with van der Waals surface area (Å²) in [5, 5.41) is 0. The molecule has 0 atom stereocenters. The normalized spacial score (nSPS) is 26.3. The van der Waals surface area contributed by atoms with Gasteiger partial charge in [-0.1, -0.05) is 25.8 Å². The molecule has 0 aromatic heterocycles. The number of likely N-dealkylation sites (N-methyl/N-ethyl adjacent to an activating group) is 1. The van der Waals surface area contributed by atoms with Crippen LogP contribution in [0, 0.1) is 5.41 Å². The van der Waals surface area contributed by atoms with Gasteiger partial charge >= 0.3 is 0 Å². The van der Waals surface area contributed by atoms with E-state index in [4.69, 9.17) is 0 Å². The van der Waals surface area contributed by atoms with Crippen LogP contribution in [-0.2, 0) is 0 Å². The fraction of sp³-hybridized carbons (Fsp3) is 0.667. The molecule has 1 fully saturated rings. The van der Waals surface area contributed by atoms with Crippen molar-refractivity contribution >= 4 is 0 Å². The first-order valence-corrected chi connectivity index (χ1v) is 5.30. The third kappa shape index (κ3) is 1.65. The van der Waals surface area contributed by atoms with Crippen LogP contribution in [0.25, 0.3) is 0 Å². The van der Waals surface area contributed by atoms with Crippen LogP contribution in [0.1, 0.15) is 32.6 Å². The molecule has 1 aliphatic carbocycles. The Labute approximate surface area is 81.1 Å². The molecule has 1 aliphatic heterocycles. The standard InChI is InChI=1S/C12H19N/c1-12(7-3-4-8-12)11-5-9-13(2)10-6-11/h5-6,9H,3-4,7-8,10H2,1-2H3. The monoisotopic (exact) mass is 177 g/mol. The van der Waals surface area contributed by atoms with Gasteiger partial charge in [-0.3, -0.25) is 0 Å². The van der Waals surface area contributed by atoms with Crippen molar-refractivity contribution in [2.45, 2.75) is 32.6 Å². The van der Waals surface area contributed by atoms with E-state index in [1.165, 1.54) is 25.7 Å². The molecule has 1 saturated carbocycles. The Morgan fingerprint density at radius 1 is 1.31 bits per heavy atom. The minimum atomic E-state index is 0.498. The zero-order valence-electron chi connectivity index (χ0n) is 8.71. The second-order valence-electron chi connectivity index (χ2n) is 4.68. The summed E-state index contributed by atoms with van der Waals surface area (Å²) in [6, 6.07) is 0. The van der Waals surface area contributed by atoms with Crippen molar-refractivity contribution < 1.29 is 0 Å². The maximum absolute atomic E-state index is 2.42. The van der Waals surface area contributed by atoms with Gasteiger partial charge in [-0.2, -0.15) is 0 Å². The van der Waals surface area contributed by atoms with Gasteiger partial charge in [0.05, 0.1) is 0 Å². The second-order valence-corrected chi connectivity index (χ2v) is 4.68. The van der Waals surface area contributed by atoms with E-state index in [0.717, 1.165) is 6.54 Å². The third-order valence-electron chi connectivity index (χ3n) is 3.51. The van der Waals surface area contributed by atoms with Crippen LogP contribution in [0.4, 0.5) is 0 Å². The van der Waals surface area contributed by atoms with E-state index < -0.39 is 0 Å². The predicted molar refractivity (Wildman–Crippen MR) is 56.4 cm³/mol. The maximum atomic E-state index is 2.42. The average molecular weight is 177 g/mol. The van der Waals surface area contributed by atoms with Crippen LogP contribution in [-0.4, -0.2) is 18.5 Å². The molecule has 1 nitrogen and oxygen atoms in total. The summed E-state index contributed by atoms with van der Waals surface area (Å²) in [6.07, 6.45) is 12.5. The van der Waals surface area contributed by atoms with Gasteiger partial charge in [-0.15, -0.1) is 0 Å². The number of hydrogen-bond donors (Lipinski definition) is 0. The van der Waals surface area contributed by atoms with Crippen LogP contribution in [0.15, 0.2) is 23.9 Å². The Balaban J connectivity index is 2.13. The first-order chi connectivity index (χ1) is 6.21. The summed E-state index contributed by atoms with van der Waals surface area (Å²) >= 11 is 0. The fourth-order valence-electron chi connectivity index (χ4n) is 2.47. The SMILES string of the molecule is CN1C=CC(C2(C)CCCC2)=CC1. The quantitative estimate of drug-likeness (QED) is 0.595. The molecule has 0 N–H and O–H groups in total. The molecule has 0 aromatic carbocycles.